The van der Waals surface area contributed by atoms with Crippen LogP contribution in [0.5, 0.6) is 0 Å². The summed E-state index contributed by atoms with van der Waals surface area (Å²) >= 11 is 6.03. The summed E-state index contributed by atoms with van der Waals surface area (Å²) in [6, 6.07) is 5.45. The van der Waals surface area contributed by atoms with Gasteiger partial charge in [0.2, 0.25) is 5.95 Å². The molecule has 0 amide bonds. The number of rotatable bonds is 3. The third-order valence-electron chi connectivity index (χ3n) is 2.34. The van der Waals surface area contributed by atoms with Crippen molar-refractivity contribution in [3.63, 3.8) is 0 Å². The van der Waals surface area contributed by atoms with E-state index in [-0.39, 0.29) is 5.82 Å². The van der Waals surface area contributed by atoms with Crippen molar-refractivity contribution < 1.29 is 4.39 Å². The van der Waals surface area contributed by atoms with Crippen LogP contribution in [0.25, 0.3) is 0 Å². The van der Waals surface area contributed by atoms with Gasteiger partial charge in [-0.05, 0) is 24.6 Å². The second kappa shape index (κ2) is 5.18. The van der Waals surface area contributed by atoms with Gasteiger partial charge in [0.25, 0.3) is 0 Å². The molecule has 0 radical (unpaired) electrons. The summed E-state index contributed by atoms with van der Waals surface area (Å²) in [5, 5.41) is 6.11. The molecule has 0 spiro atoms. The number of anilines is 3. The van der Waals surface area contributed by atoms with E-state index in [0.717, 1.165) is 11.8 Å². The fraction of sp³-hybridized carbons (Fsp3) is 0.167. The lowest BCUT2D eigenvalue weighted by Crippen LogP contribution is -2.03. The zero-order chi connectivity index (χ0) is 13.1. The van der Waals surface area contributed by atoms with Gasteiger partial charge in [0.1, 0.15) is 0 Å². The minimum atomic E-state index is -0.536. The van der Waals surface area contributed by atoms with Crippen molar-refractivity contribution in [3.8, 4) is 0 Å². The van der Waals surface area contributed by atoms with Gasteiger partial charge in [-0.15, -0.1) is 0 Å². The number of hydrogen-bond donors (Lipinski definition) is 2. The summed E-state index contributed by atoms with van der Waals surface area (Å²) in [5.74, 6) is -0.115. The van der Waals surface area contributed by atoms with E-state index in [0.29, 0.717) is 16.7 Å². The zero-order valence-electron chi connectivity index (χ0n) is 9.96. The second-order valence-corrected chi connectivity index (χ2v) is 4.16. The lowest BCUT2D eigenvalue weighted by atomic mass is 10.2. The highest BCUT2D eigenvalue weighted by Crippen LogP contribution is 2.26. The van der Waals surface area contributed by atoms with Crippen LogP contribution in [0.15, 0.2) is 24.4 Å². The van der Waals surface area contributed by atoms with Crippen LogP contribution in [-0.2, 0) is 0 Å². The maximum absolute atomic E-state index is 13.6. The Kier molecular flexibility index (Phi) is 3.62. The predicted molar refractivity (Wildman–Crippen MR) is 71.0 cm³/mol. The quantitative estimate of drug-likeness (QED) is 0.894. The average molecular weight is 267 g/mol. The number of benzene rings is 1. The van der Waals surface area contributed by atoms with E-state index in [2.05, 4.69) is 20.6 Å². The molecule has 1 aromatic carbocycles. The molecule has 0 aliphatic carbocycles. The molecule has 0 bridgehead atoms. The molecule has 0 saturated carbocycles. The van der Waals surface area contributed by atoms with Crippen molar-refractivity contribution in [3.05, 3.63) is 40.8 Å². The van der Waals surface area contributed by atoms with Crippen molar-refractivity contribution in [1.82, 2.24) is 9.97 Å². The Labute approximate surface area is 109 Å². The molecular weight excluding hydrogens is 255 g/mol. The number of aromatic nitrogens is 2. The zero-order valence-corrected chi connectivity index (χ0v) is 10.7. The molecule has 94 valence electrons. The van der Waals surface area contributed by atoms with Crippen LogP contribution in [0.1, 0.15) is 5.56 Å². The Morgan fingerprint density at radius 3 is 2.83 bits per heavy atom. The van der Waals surface area contributed by atoms with Crippen molar-refractivity contribution in [2.45, 2.75) is 6.92 Å². The summed E-state index contributed by atoms with van der Waals surface area (Å²) in [4.78, 5) is 7.76. The number of halogens is 2. The first kappa shape index (κ1) is 12.6. The first-order valence-electron chi connectivity index (χ1n) is 5.33. The first-order chi connectivity index (χ1) is 8.60. The topological polar surface area (TPSA) is 49.8 Å². The Morgan fingerprint density at radius 2 is 2.11 bits per heavy atom. The minimum Gasteiger partial charge on any atom is -0.357 e. The lowest BCUT2D eigenvalue weighted by Gasteiger charge is -2.10. The normalized spacial score (nSPS) is 10.2. The fourth-order valence-electron chi connectivity index (χ4n) is 1.44. The standard InChI is InChI=1S/C12H12ClFN4/c1-7-3-4-8(13)10(5-7)17-11-9(14)6-16-12(15-2)18-11/h3-6H,1-2H3,(H2,15,16,17,18). The first-order valence-corrected chi connectivity index (χ1v) is 5.71. The van der Waals surface area contributed by atoms with Gasteiger partial charge < -0.3 is 10.6 Å². The van der Waals surface area contributed by atoms with E-state index < -0.39 is 5.82 Å². The third-order valence-corrected chi connectivity index (χ3v) is 2.67. The summed E-state index contributed by atoms with van der Waals surface area (Å²) in [6.07, 6.45) is 1.10. The Bertz CT molecular complexity index is 574. The molecule has 1 aromatic heterocycles. The van der Waals surface area contributed by atoms with Crippen LogP contribution in [-0.4, -0.2) is 17.0 Å². The Hall–Kier alpha value is -1.88. The average Bonchev–Trinajstić information content (AvgIpc) is 2.36. The molecule has 0 saturated heterocycles. The molecular formula is C12H12ClFN4. The van der Waals surface area contributed by atoms with Crippen LogP contribution in [0, 0.1) is 12.7 Å². The molecule has 6 heteroatoms. The minimum absolute atomic E-state index is 0.0850. The number of hydrogen-bond acceptors (Lipinski definition) is 4. The van der Waals surface area contributed by atoms with E-state index in [4.69, 9.17) is 11.6 Å². The maximum atomic E-state index is 13.6. The highest BCUT2D eigenvalue weighted by atomic mass is 35.5. The van der Waals surface area contributed by atoms with Crippen LogP contribution in [0.3, 0.4) is 0 Å². The van der Waals surface area contributed by atoms with Crippen molar-refractivity contribution >= 4 is 29.1 Å². The Morgan fingerprint density at radius 1 is 1.33 bits per heavy atom. The van der Waals surface area contributed by atoms with Gasteiger partial charge in [0, 0.05) is 7.05 Å². The Balaban J connectivity index is 2.36. The summed E-state index contributed by atoms with van der Waals surface area (Å²) in [5.41, 5.74) is 1.63. The van der Waals surface area contributed by atoms with Gasteiger partial charge in [0.15, 0.2) is 11.6 Å². The molecule has 2 rings (SSSR count). The van der Waals surface area contributed by atoms with Crippen molar-refractivity contribution in [1.29, 1.82) is 0 Å². The van der Waals surface area contributed by atoms with Crippen molar-refractivity contribution in [2.75, 3.05) is 17.7 Å². The van der Waals surface area contributed by atoms with Crippen LogP contribution >= 0.6 is 11.6 Å². The van der Waals surface area contributed by atoms with Gasteiger partial charge in [-0.25, -0.2) is 9.37 Å². The van der Waals surface area contributed by atoms with Gasteiger partial charge in [-0.2, -0.15) is 4.98 Å². The second-order valence-electron chi connectivity index (χ2n) is 3.75. The van der Waals surface area contributed by atoms with Crippen molar-refractivity contribution in [2.24, 2.45) is 0 Å². The van der Waals surface area contributed by atoms with Gasteiger partial charge in [-0.3, -0.25) is 0 Å². The molecule has 2 N–H and O–H groups in total. The SMILES string of the molecule is CNc1ncc(F)c(Nc2cc(C)ccc2Cl)n1. The van der Waals surface area contributed by atoms with E-state index in [1.165, 1.54) is 0 Å². The third kappa shape index (κ3) is 2.68. The smallest absolute Gasteiger partial charge is 0.224 e. The monoisotopic (exact) mass is 266 g/mol. The maximum Gasteiger partial charge on any atom is 0.224 e. The summed E-state index contributed by atoms with van der Waals surface area (Å²) in [6.45, 7) is 1.93. The lowest BCUT2D eigenvalue weighted by molar-refractivity contribution is 0.619. The van der Waals surface area contributed by atoms with Crippen LogP contribution < -0.4 is 10.6 Å². The molecule has 0 atom stereocenters. The van der Waals surface area contributed by atoms with E-state index >= 15 is 0 Å². The molecule has 0 aliphatic rings. The highest BCUT2D eigenvalue weighted by molar-refractivity contribution is 6.33. The van der Waals surface area contributed by atoms with Crippen LogP contribution in [0.2, 0.25) is 5.02 Å². The van der Waals surface area contributed by atoms with E-state index in [1.807, 2.05) is 19.1 Å². The molecule has 2 aromatic rings. The summed E-state index contributed by atoms with van der Waals surface area (Å²) in [7, 11) is 1.66. The summed E-state index contributed by atoms with van der Waals surface area (Å²) < 4.78 is 13.6. The molecule has 4 nitrogen and oxygen atoms in total. The molecule has 0 unspecified atom stereocenters. The molecule has 1 heterocycles. The van der Waals surface area contributed by atoms with Gasteiger partial charge >= 0.3 is 0 Å². The van der Waals surface area contributed by atoms with E-state index in [1.54, 1.807) is 13.1 Å². The number of aryl methyl sites for hydroxylation is 1. The van der Waals surface area contributed by atoms with Crippen LogP contribution in [0.4, 0.5) is 21.8 Å². The predicted octanol–water partition coefficient (Wildman–Crippen LogP) is 3.36. The number of nitrogens with zero attached hydrogens (tertiary/aromatic N) is 2. The largest absolute Gasteiger partial charge is 0.357 e. The van der Waals surface area contributed by atoms with Gasteiger partial charge in [0.05, 0.1) is 16.9 Å². The number of nitrogens with one attached hydrogen (secondary N) is 2. The molecule has 0 fully saturated rings. The fourth-order valence-corrected chi connectivity index (χ4v) is 1.60. The van der Waals surface area contributed by atoms with E-state index in [9.17, 15) is 4.39 Å². The van der Waals surface area contributed by atoms with Gasteiger partial charge in [-0.1, -0.05) is 17.7 Å². The highest BCUT2D eigenvalue weighted by Gasteiger charge is 2.08. The molecule has 18 heavy (non-hydrogen) atoms. The molecule has 0 aliphatic heterocycles.